The molecule has 6 heteroatoms. The third kappa shape index (κ3) is 6.29. The number of amides is 1. The van der Waals surface area contributed by atoms with Gasteiger partial charge in [0.15, 0.2) is 0 Å². The molecule has 1 aromatic heterocycles. The van der Waals surface area contributed by atoms with Crippen molar-refractivity contribution in [1.29, 1.82) is 0 Å². The molecular formula is C17H26N2O3S. The van der Waals surface area contributed by atoms with E-state index in [1.807, 2.05) is 39.0 Å². The number of pyridine rings is 1. The zero-order valence-electron chi connectivity index (χ0n) is 14.2. The number of carbonyl (C=O) groups excluding carboxylic acids is 1. The number of likely N-dealkylation sites (tertiary alicyclic amines) is 1. The molecule has 2 heterocycles. The lowest BCUT2D eigenvalue weighted by atomic mass is 9.99. The Bertz CT molecular complexity index is 535. The van der Waals surface area contributed by atoms with Crippen LogP contribution in [0.25, 0.3) is 0 Å². The Morgan fingerprint density at radius 1 is 1.35 bits per heavy atom. The molecule has 128 valence electrons. The maximum Gasteiger partial charge on any atom is 0.410 e. The number of ether oxygens (including phenoxy) is 1. The van der Waals surface area contributed by atoms with Gasteiger partial charge in [0.2, 0.25) is 0 Å². The zero-order chi connectivity index (χ0) is 16.9. The molecule has 1 amide bonds. The van der Waals surface area contributed by atoms with Gasteiger partial charge in [-0.05, 0) is 51.7 Å². The summed E-state index contributed by atoms with van der Waals surface area (Å²) >= 11 is 0. The average Bonchev–Trinajstić information content (AvgIpc) is 2.47. The Kier molecular flexibility index (Phi) is 6.16. The summed E-state index contributed by atoms with van der Waals surface area (Å²) in [6.07, 6.45) is 3.25. The Labute approximate surface area is 140 Å². The van der Waals surface area contributed by atoms with Crippen molar-refractivity contribution in [2.75, 3.05) is 18.8 Å². The first-order chi connectivity index (χ1) is 10.8. The third-order valence-electron chi connectivity index (χ3n) is 3.72. The third-order valence-corrected chi connectivity index (χ3v) is 5.18. The molecule has 1 fully saturated rings. The van der Waals surface area contributed by atoms with E-state index in [-0.39, 0.29) is 6.09 Å². The highest BCUT2D eigenvalue weighted by atomic mass is 32.2. The minimum Gasteiger partial charge on any atom is -0.444 e. The lowest BCUT2D eigenvalue weighted by molar-refractivity contribution is 0.0191. The van der Waals surface area contributed by atoms with E-state index in [9.17, 15) is 9.00 Å². The molecule has 0 radical (unpaired) electrons. The summed E-state index contributed by atoms with van der Waals surface area (Å²) < 4.78 is 17.6. The molecule has 1 atom stereocenters. The van der Waals surface area contributed by atoms with E-state index >= 15 is 0 Å². The van der Waals surface area contributed by atoms with Crippen molar-refractivity contribution in [2.24, 2.45) is 5.92 Å². The van der Waals surface area contributed by atoms with Crippen LogP contribution in [0.15, 0.2) is 24.4 Å². The van der Waals surface area contributed by atoms with E-state index < -0.39 is 16.4 Å². The fraction of sp³-hybridized carbons (Fsp3) is 0.647. The predicted octanol–water partition coefficient (Wildman–Crippen LogP) is 2.98. The molecule has 1 saturated heterocycles. The molecule has 1 aliphatic rings. The summed E-state index contributed by atoms with van der Waals surface area (Å²) in [6, 6.07) is 5.68. The van der Waals surface area contributed by atoms with E-state index in [0.717, 1.165) is 18.5 Å². The molecule has 23 heavy (non-hydrogen) atoms. The van der Waals surface area contributed by atoms with Crippen molar-refractivity contribution in [2.45, 2.75) is 45.0 Å². The van der Waals surface area contributed by atoms with Gasteiger partial charge in [-0.1, -0.05) is 6.07 Å². The number of aromatic nitrogens is 1. The standard InChI is InChI=1S/C17H26N2O3S/c1-17(2,3)22-16(20)19-10-7-14(8-11-19)12-23(21)13-15-6-4-5-9-18-15/h4-6,9,14H,7-8,10-13H2,1-3H3/t23-/m0/s1. The summed E-state index contributed by atoms with van der Waals surface area (Å²) in [5, 5.41) is 0. The highest BCUT2D eigenvalue weighted by molar-refractivity contribution is 7.84. The maximum absolute atomic E-state index is 12.2. The predicted molar refractivity (Wildman–Crippen MR) is 91.5 cm³/mol. The van der Waals surface area contributed by atoms with Crippen LogP contribution in [0.4, 0.5) is 4.79 Å². The van der Waals surface area contributed by atoms with Crippen molar-refractivity contribution in [3.63, 3.8) is 0 Å². The molecular weight excluding hydrogens is 312 g/mol. The highest BCUT2D eigenvalue weighted by Crippen LogP contribution is 2.21. The quantitative estimate of drug-likeness (QED) is 0.847. The van der Waals surface area contributed by atoms with Gasteiger partial charge >= 0.3 is 6.09 Å². The first kappa shape index (κ1) is 17.9. The van der Waals surface area contributed by atoms with Crippen LogP contribution >= 0.6 is 0 Å². The van der Waals surface area contributed by atoms with Gasteiger partial charge in [-0.15, -0.1) is 0 Å². The molecule has 0 bridgehead atoms. The van der Waals surface area contributed by atoms with E-state index in [2.05, 4.69) is 4.98 Å². The summed E-state index contributed by atoms with van der Waals surface area (Å²) in [5.74, 6) is 1.59. The fourth-order valence-electron chi connectivity index (χ4n) is 2.58. The Morgan fingerprint density at radius 3 is 2.61 bits per heavy atom. The minimum atomic E-state index is -0.904. The summed E-state index contributed by atoms with van der Waals surface area (Å²) in [6.45, 7) is 6.98. The van der Waals surface area contributed by atoms with Gasteiger partial charge in [0, 0.05) is 35.8 Å². The molecule has 0 spiro atoms. The van der Waals surface area contributed by atoms with Gasteiger partial charge in [-0.2, -0.15) is 0 Å². The Balaban J connectivity index is 1.74. The van der Waals surface area contributed by atoms with Gasteiger partial charge < -0.3 is 9.64 Å². The molecule has 2 rings (SSSR count). The average molecular weight is 338 g/mol. The molecule has 0 saturated carbocycles. The summed E-state index contributed by atoms with van der Waals surface area (Å²) in [5.41, 5.74) is 0.412. The molecule has 5 nitrogen and oxygen atoms in total. The number of hydrogen-bond acceptors (Lipinski definition) is 4. The van der Waals surface area contributed by atoms with Gasteiger partial charge in [-0.3, -0.25) is 9.19 Å². The van der Waals surface area contributed by atoms with Gasteiger partial charge in [0.05, 0.1) is 11.4 Å². The number of hydrogen-bond donors (Lipinski definition) is 0. The molecule has 0 aromatic carbocycles. The monoisotopic (exact) mass is 338 g/mol. The van der Waals surface area contributed by atoms with Crippen molar-refractivity contribution < 1.29 is 13.7 Å². The topological polar surface area (TPSA) is 59.5 Å². The first-order valence-electron chi connectivity index (χ1n) is 8.06. The van der Waals surface area contributed by atoms with Crippen LogP contribution in [0.2, 0.25) is 0 Å². The minimum absolute atomic E-state index is 0.245. The molecule has 0 aliphatic carbocycles. The highest BCUT2D eigenvalue weighted by Gasteiger charge is 2.27. The Morgan fingerprint density at radius 2 is 2.04 bits per heavy atom. The van der Waals surface area contributed by atoms with Crippen LogP contribution in [0, 0.1) is 5.92 Å². The first-order valence-corrected chi connectivity index (χ1v) is 9.55. The Hall–Kier alpha value is -1.43. The van der Waals surface area contributed by atoms with Gasteiger partial charge in [0.1, 0.15) is 5.60 Å². The van der Waals surface area contributed by atoms with Crippen molar-refractivity contribution in [3.8, 4) is 0 Å². The van der Waals surface area contributed by atoms with Crippen molar-refractivity contribution in [3.05, 3.63) is 30.1 Å². The van der Waals surface area contributed by atoms with Crippen LogP contribution in [0.3, 0.4) is 0 Å². The second kappa shape index (κ2) is 7.90. The van der Waals surface area contributed by atoms with Gasteiger partial charge in [0.25, 0.3) is 0 Å². The molecule has 0 N–H and O–H groups in total. The fourth-order valence-corrected chi connectivity index (χ4v) is 4.06. The normalized spacial score (nSPS) is 17.8. The summed E-state index contributed by atoms with van der Waals surface area (Å²) in [7, 11) is -0.904. The number of rotatable bonds is 4. The van der Waals surface area contributed by atoms with E-state index in [1.54, 1.807) is 11.1 Å². The second-order valence-corrected chi connectivity index (χ2v) is 8.48. The van der Waals surface area contributed by atoms with E-state index in [0.29, 0.717) is 30.5 Å². The molecule has 1 aliphatic heterocycles. The van der Waals surface area contributed by atoms with Crippen LogP contribution < -0.4 is 0 Å². The van der Waals surface area contributed by atoms with Crippen LogP contribution in [0.1, 0.15) is 39.3 Å². The largest absolute Gasteiger partial charge is 0.444 e. The SMILES string of the molecule is CC(C)(C)OC(=O)N1CCC(C[S@](=O)Cc2ccccn2)CC1. The maximum atomic E-state index is 12.2. The van der Waals surface area contributed by atoms with Crippen molar-refractivity contribution in [1.82, 2.24) is 9.88 Å². The smallest absolute Gasteiger partial charge is 0.410 e. The van der Waals surface area contributed by atoms with Gasteiger partial charge in [-0.25, -0.2) is 4.79 Å². The lowest BCUT2D eigenvalue weighted by Gasteiger charge is -2.33. The van der Waals surface area contributed by atoms with E-state index in [4.69, 9.17) is 4.74 Å². The number of nitrogens with zero attached hydrogens (tertiary/aromatic N) is 2. The number of carbonyl (C=O) groups is 1. The van der Waals surface area contributed by atoms with Crippen LogP contribution in [-0.4, -0.2) is 44.6 Å². The van der Waals surface area contributed by atoms with Crippen molar-refractivity contribution >= 4 is 16.9 Å². The zero-order valence-corrected chi connectivity index (χ0v) is 15.0. The van der Waals surface area contributed by atoms with E-state index in [1.165, 1.54) is 0 Å². The summed E-state index contributed by atoms with van der Waals surface area (Å²) in [4.78, 5) is 18.0. The second-order valence-electron chi connectivity index (χ2n) is 6.98. The van der Waals surface area contributed by atoms with Crippen LogP contribution in [0.5, 0.6) is 0 Å². The van der Waals surface area contributed by atoms with Crippen LogP contribution in [-0.2, 0) is 21.3 Å². The molecule has 1 aromatic rings. The number of piperidine rings is 1. The lowest BCUT2D eigenvalue weighted by Crippen LogP contribution is -2.42. The molecule has 0 unspecified atom stereocenters.